The van der Waals surface area contributed by atoms with E-state index in [-0.39, 0.29) is 24.9 Å². The quantitative estimate of drug-likeness (QED) is 0.733. The van der Waals surface area contributed by atoms with E-state index in [0.29, 0.717) is 29.6 Å². The van der Waals surface area contributed by atoms with Crippen molar-refractivity contribution in [2.24, 2.45) is 5.73 Å². The molecule has 132 valence electrons. The summed E-state index contributed by atoms with van der Waals surface area (Å²) >= 11 is 1.67. The molecule has 1 atom stereocenters. The summed E-state index contributed by atoms with van der Waals surface area (Å²) in [6.07, 6.45) is 2.64. The van der Waals surface area contributed by atoms with E-state index in [1.165, 1.54) is 0 Å². The SMILES string of the molecule is CSCC[C@H](N)C(=O)Nc1ccc(OCc2nc(C)no2)cc1.Cl. The number of halogens is 1. The van der Waals surface area contributed by atoms with Crippen molar-refractivity contribution in [3.8, 4) is 5.75 Å². The summed E-state index contributed by atoms with van der Waals surface area (Å²) in [4.78, 5) is 16.0. The molecule has 9 heteroatoms. The smallest absolute Gasteiger partial charge is 0.264 e. The highest BCUT2D eigenvalue weighted by Crippen LogP contribution is 2.17. The predicted molar refractivity (Wildman–Crippen MR) is 96.7 cm³/mol. The minimum atomic E-state index is -0.501. The van der Waals surface area contributed by atoms with E-state index in [1.54, 1.807) is 43.0 Å². The van der Waals surface area contributed by atoms with Crippen LogP contribution < -0.4 is 15.8 Å². The molecular weight excluding hydrogens is 352 g/mol. The first kappa shape index (κ1) is 20.3. The van der Waals surface area contributed by atoms with Gasteiger partial charge in [0.05, 0.1) is 6.04 Å². The maximum absolute atomic E-state index is 11.9. The van der Waals surface area contributed by atoms with Gasteiger partial charge < -0.3 is 20.3 Å². The lowest BCUT2D eigenvalue weighted by atomic mass is 10.2. The number of ether oxygens (including phenoxy) is 1. The van der Waals surface area contributed by atoms with Crippen molar-refractivity contribution >= 4 is 35.8 Å². The number of nitrogens with zero attached hydrogens (tertiary/aromatic N) is 2. The van der Waals surface area contributed by atoms with E-state index in [9.17, 15) is 4.79 Å². The van der Waals surface area contributed by atoms with E-state index >= 15 is 0 Å². The van der Waals surface area contributed by atoms with E-state index in [2.05, 4.69) is 15.5 Å². The Morgan fingerprint density at radius 3 is 2.71 bits per heavy atom. The Balaban J connectivity index is 0.00000288. The van der Waals surface area contributed by atoms with Crippen LogP contribution in [0.3, 0.4) is 0 Å². The number of amides is 1. The Kier molecular flexibility index (Phi) is 8.59. The topological polar surface area (TPSA) is 103 Å². The van der Waals surface area contributed by atoms with Crippen molar-refractivity contribution < 1.29 is 14.1 Å². The summed E-state index contributed by atoms with van der Waals surface area (Å²) in [5.74, 6) is 2.30. The van der Waals surface area contributed by atoms with Crippen molar-refractivity contribution in [1.82, 2.24) is 10.1 Å². The van der Waals surface area contributed by atoms with Crippen LogP contribution in [-0.2, 0) is 11.4 Å². The Bertz CT molecular complexity index is 636. The average Bonchev–Trinajstić information content (AvgIpc) is 2.97. The number of carbonyl (C=O) groups is 1. The molecule has 24 heavy (non-hydrogen) atoms. The van der Waals surface area contributed by atoms with E-state index in [0.717, 1.165) is 5.75 Å². The molecule has 1 heterocycles. The van der Waals surface area contributed by atoms with E-state index < -0.39 is 6.04 Å². The summed E-state index contributed by atoms with van der Waals surface area (Å²) in [5.41, 5.74) is 6.50. The van der Waals surface area contributed by atoms with Gasteiger partial charge in [0.1, 0.15) is 5.75 Å². The maximum Gasteiger partial charge on any atom is 0.264 e. The predicted octanol–water partition coefficient (Wildman–Crippen LogP) is 2.40. The third kappa shape index (κ3) is 6.38. The van der Waals surface area contributed by atoms with E-state index in [4.69, 9.17) is 15.0 Å². The number of anilines is 1. The summed E-state index contributed by atoms with van der Waals surface area (Å²) in [6.45, 7) is 1.94. The van der Waals surface area contributed by atoms with Gasteiger partial charge in [-0.1, -0.05) is 5.16 Å². The minimum absolute atomic E-state index is 0. The molecule has 1 amide bonds. The number of thioether (sulfide) groups is 1. The van der Waals surface area contributed by atoms with Crippen LogP contribution in [0.4, 0.5) is 5.69 Å². The summed E-state index contributed by atoms with van der Waals surface area (Å²) < 4.78 is 10.5. The number of nitrogens with one attached hydrogen (secondary N) is 1. The fourth-order valence-corrected chi connectivity index (χ4v) is 2.28. The van der Waals surface area contributed by atoms with Gasteiger partial charge in [0.15, 0.2) is 12.4 Å². The molecule has 0 bridgehead atoms. The zero-order chi connectivity index (χ0) is 16.7. The van der Waals surface area contributed by atoms with Gasteiger partial charge in [-0.2, -0.15) is 16.7 Å². The number of aryl methyl sites for hydroxylation is 1. The monoisotopic (exact) mass is 372 g/mol. The second kappa shape index (κ2) is 10.2. The van der Waals surface area contributed by atoms with Crippen LogP contribution in [0.25, 0.3) is 0 Å². The number of hydrogen-bond donors (Lipinski definition) is 2. The third-order valence-electron chi connectivity index (χ3n) is 3.02. The van der Waals surface area contributed by atoms with Crippen LogP contribution >= 0.6 is 24.2 Å². The molecule has 0 unspecified atom stereocenters. The van der Waals surface area contributed by atoms with Crippen molar-refractivity contribution in [3.63, 3.8) is 0 Å². The summed E-state index contributed by atoms with van der Waals surface area (Å²) in [5, 5.41) is 6.47. The number of benzene rings is 1. The van der Waals surface area contributed by atoms with Gasteiger partial charge in [-0.3, -0.25) is 4.79 Å². The number of nitrogens with two attached hydrogens (primary N) is 1. The number of carbonyl (C=O) groups excluding carboxylic acids is 1. The number of hydrogen-bond acceptors (Lipinski definition) is 7. The molecule has 2 aromatic rings. The van der Waals surface area contributed by atoms with Crippen LogP contribution in [0.15, 0.2) is 28.8 Å². The lowest BCUT2D eigenvalue weighted by Gasteiger charge is -2.12. The summed E-state index contributed by atoms with van der Waals surface area (Å²) in [6, 6.07) is 6.53. The van der Waals surface area contributed by atoms with Gasteiger partial charge in [-0.05, 0) is 49.6 Å². The molecule has 1 aromatic heterocycles. The molecule has 1 aromatic carbocycles. The van der Waals surface area contributed by atoms with Gasteiger partial charge in [-0.15, -0.1) is 12.4 Å². The lowest BCUT2D eigenvalue weighted by Crippen LogP contribution is -2.36. The van der Waals surface area contributed by atoms with Gasteiger partial charge in [0, 0.05) is 5.69 Å². The van der Waals surface area contributed by atoms with Crippen LogP contribution in [0, 0.1) is 6.92 Å². The van der Waals surface area contributed by atoms with Crippen molar-refractivity contribution in [2.45, 2.75) is 26.0 Å². The molecule has 2 rings (SSSR count). The normalized spacial score (nSPS) is 11.5. The number of rotatable bonds is 8. The zero-order valence-electron chi connectivity index (χ0n) is 13.5. The van der Waals surface area contributed by atoms with Crippen LogP contribution in [0.5, 0.6) is 5.75 Å². The van der Waals surface area contributed by atoms with Crippen LogP contribution in [-0.4, -0.2) is 34.1 Å². The Labute approximate surface area is 151 Å². The van der Waals surface area contributed by atoms with Gasteiger partial charge in [-0.25, -0.2) is 0 Å². The molecule has 0 aliphatic heterocycles. The highest BCUT2D eigenvalue weighted by Gasteiger charge is 2.13. The van der Waals surface area contributed by atoms with Crippen molar-refractivity contribution in [3.05, 3.63) is 36.0 Å². The van der Waals surface area contributed by atoms with Crippen LogP contribution in [0.2, 0.25) is 0 Å². The molecule has 7 nitrogen and oxygen atoms in total. The Hall–Kier alpha value is -1.77. The van der Waals surface area contributed by atoms with Gasteiger partial charge in [0.25, 0.3) is 5.89 Å². The molecule has 3 N–H and O–H groups in total. The molecule has 0 saturated heterocycles. The van der Waals surface area contributed by atoms with Crippen molar-refractivity contribution in [1.29, 1.82) is 0 Å². The average molecular weight is 373 g/mol. The first-order valence-corrected chi connectivity index (χ1v) is 8.55. The first-order valence-electron chi connectivity index (χ1n) is 7.16. The molecule has 0 saturated carbocycles. The fourth-order valence-electron chi connectivity index (χ4n) is 1.79. The lowest BCUT2D eigenvalue weighted by molar-refractivity contribution is -0.117. The van der Waals surface area contributed by atoms with Gasteiger partial charge in [0.2, 0.25) is 5.91 Å². The van der Waals surface area contributed by atoms with E-state index in [1.807, 2.05) is 6.26 Å². The molecule has 0 aliphatic carbocycles. The molecule has 0 aliphatic rings. The molecule has 0 spiro atoms. The largest absolute Gasteiger partial charge is 0.484 e. The molecule has 0 radical (unpaired) electrons. The van der Waals surface area contributed by atoms with Crippen molar-refractivity contribution in [2.75, 3.05) is 17.3 Å². The minimum Gasteiger partial charge on any atom is -0.484 e. The maximum atomic E-state index is 11.9. The second-order valence-corrected chi connectivity index (χ2v) is 5.91. The summed E-state index contributed by atoms with van der Waals surface area (Å²) in [7, 11) is 0. The second-order valence-electron chi connectivity index (χ2n) is 4.93. The zero-order valence-corrected chi connectivity index (χ0v) is 15.2. The Morgan fingerprint density at radius 1 is 1.42 bits per heavy atom. The molecular formula is C15H21ClN4O3S. The third-order valence-corrected chi connectivity index (χ3v) is 3.67. The first-order chi connectivity index (χ1) is 11.1. The molecule has 0 fully saturated rings. The Morgan fingerprint density at radius 2 is 2.12 bits per heavy atom. The van der Waals surface area contributed by atoms with Gasteiger partial charge >= 0.3 is 0 Å². The standard InChI is InChI=1S/C15H20N4O3S.ClH/c1-10-17-14(22-19-10)9-21-12-5-3-11(4-6-12)18-15(20)13(16)7-8-23-2;/h3-6,13H,7-9,16H2,1-2H3,(H,18,20);1H/t13-;/m0./s1. The van der Waals surface area contributed by atoms with Crippen LogP contribution in [0.1, 0.15) is 18.1 Å². The highest BCUT2D eigenvalue weighted by atomic mass is 35.5. The fraction of sp³-hybridized carbons (Fsp3) is 0.400. The number of aromatic nitrogens is 2. The highest BCUT2D eigenvalue weighted by molar-refractivity contribution is 7.98.